The van der Waals surface area contributed by atoms with Crippen LogP contribution in [0.15, 0.2) is 102 Å². The molecule has 6 nitrogen and oxygen atoms in total. The zero-order valence-electron chi connectivity index (χ0n) is 17.3. The lowest BCUT2D eigenvalue weighted by molar-refractivity contribution is 0.0686. The third-order valence-corrected chi connectivity index (χ3v) is 6.81. The molecule has 0 fully saturated rings. The average Bonchev–Trinajstić information content (AvgIpc) is 2.83. The Morgan fingerprint density at radius 1 is 0.909 bits per heavy atom. The third-order valence-electron chi connectivity index (χ3n) is 4.98. The number of carbonyl (C=O) groups is 2. The molecule has 0 amide bonds. The molecule has 0 saturated heterocycles. The Bertz CT molecular complexity index is 1380. The number of benzene rings is 3. The van der Waals surface area contributed by atoms with E-state index in [-0.39, 0.29) is 39.6 Å². The number of fused-ring (bicyclic) bond motifs is 1. The van der Waals surface area contributed by atoms with Crippen LogP contribution in [0.25, 0.3) is 5.76 Å². The largest absolute Gasteiger partial charge is 0.420 e. The van der Waals surface area contributed by atoms with Crippen molar-refractivity contribution in [1.29, 1.82) is 0 Å². The molecule has 0 bridgehead atoms. The van der Waals surface area contributed by atoms with E-state index in [2.05, 4.69) is 6.58 Å². The Morgan fingerprint density at radius 2 is 1.55 bits per heavy atom. The predicted molar refractivity (Wildman–Crippen MR) is 120 cm³/mol. The molecular weight excluding hydrogens is 445 g/mol. The van der Waals surface area contributed by atoms with Gasteiger partial charge in [-0.25, -0.2) is 17.6 Å². The second-order valence-electron chi connectivity index (χ2n) is 7.09. The Labute approximate surface area is 190 Å². The molecule has 0 N–H and O–H groups in total. The van der Waals surface area contributed by atoms with Crippen molar-refractivity contribution in [3.8, 4) is 0 Å². The van der Waals surface area contributed by atoms with Gasteiger partial charge in [-0.1, -0.05) is 48.5 Å². The molecule has 8 heteroatoms. The molecule has 3 aromatic carbocycles. The van der Waals surface area contributed by atoms with Crippen LogP contribution in [0, 0.1) is 5.82 Å². The van der Waals surface area contributed by atoms with Crippen LogP contribution in [0.2, 0.25) is 0 Å². The lowest BCUT2D eigenvalue weighted by Gasteiger charge is -2.32. The van der Waals surface area contributed by atoms with Crippen LogP contribution in [0.3, 0.4) is 0 Å². The molecular formula is C25H18FNO5S. The molecule has 3 aromatic rings. The molecule has 1 heterocycles. The van der Waals surface area contributed by atoms with Gasteiger partial charge in [-0.15, -0.1) is 6.58 Å². The lowest BCUT2D eigenvalue weighted by Crippen LogP contribution is -2.38. The van der Waals surface area contributed by atoms with Crippen LogP contribution in [0.4, 0.5) is 4.39 Å². The van der Waals surface area contributed by atoms with Crippen molar-refractivity contribution in [3.63, 3.8) is 0 Å². The number of allylic oxidation sites excluding steroid dienone is 1. The van der Waals surface area contributed by atoms with Gasteiger partial charge in [-0.2, -0.15) is 0 Å². The number of Topliss-reactive ketones (excluding diaryl/α,β-unsaturated/α-hetero) is 1. The first-order valence-corrected chi connectivity index (χ1v) is 11.3. The summed E-state index contributed by atoms with van der Waals surface area (Å²) in [7, 11) is -4.14. The van der Waals surface area contributed by atoms with E-state index in [0.717, 1.165) is 16.4 Å². The summed E-state index contributed by atoms with van der Waals surface area (Å²) in [5.74, 6) is -2.24. The zero-order valence-corrected chi connectivity index (χ0v) is 18.1. The molecule has 0 atom stereocenters. The molecule has 0 aliphatic carbocycles. The fourth-order valence-electron chi connectivity index (χ4n) is 3.45. The van der Waals surface area contributed by atoms with Crippen molar-refractivity contribution >= 4 is 27.5 Å². The third kappa shape index (κ3) is 4.08. The Kier molecular flexibility index (Phi) is 5.93. The van der Waals surface area contributed by atoms with E-state index < -0.39 is 27.6 Å². The smallest absolute Gasteiger partial charge is 0.343 e. The Morgan fingerprint density at radius 3 is 2.21 bits per heavy atom. The number of hydrogen-bond donors (Lipinski definition) is 0. The maximum atomic E-state index is 13.5. The number of rotatable bonds is 6. The van der Waals surface area contributed by atoms with Crippen LogP contribution in [-0.2, 0) is 14.8 Å². The minimum absolute atomic E-state index is 0.0385. The number of halogens is 1. The van der Waals surface area contributed by atoms with Crippen LogP contribution >= 0.6 is 0 Å². The summed E-state index contributed by atoms with van der Waals surface area (Å²) in [6, 6.07) is 18.7. The van der Waals surface area contributed by atoms with Gasteiger partial charge in [0.05, 0.1) is 17.0 Å². The monoisotopic (exact) mass is 463 g/mol. The van der Waals surface area contributed by atoms with Crippen molar-refractivity contribution < 1.29 is 27.1 Å². The van der Waals surface area contributed by atoms with E-state index in [1.165, 1.54) is 48.5 Å². The van der Waals surface area contributed by atoms with E-state index in [1.807, 2.05) is 0 Å². The molecule has 0 aromatic heterocycles. The van der Waals surface area contributed by atoms with E-state index >= 15 is 0 Å². The van der Waals surface area contributed by atoms with Crippen LogP contribution in [0.5, 0.6) is 0 Å². The first-order valence-electron chi connectivity index (χ1n) is 9.89. The number of ether oxygens (including phenoxy) is 1. The number of nitrogens with zero attached hydrogens (tertiary/aromatic N) is 1. The van der Waals surface area contributed by atoms with Crippen molar-refractivity contribution in [2.75, 3.05) is 6.54 Å². The van der Waals surface area contributed by atoms with Gasteiger partial charge in [0, 0.05) is 11.1 Å². The predicted octanol–water partition coefficient (Wildman–Crippen LogP) is 4.42. The summed E-state index contributed by atoms with van der Waals surface area (Å²) in [5.41, 5.74) is 0.0193. The summed E-state index contributed by atoms with van der Waals surface area (Å²) in [4.78, 5) is 26.3. The van der Waals surface area contributed by atoms with E-state index in [4.69, 9.17) is 4.74 Å². The molecule has 33 heavy (non-hydrogen) atoms. The molecule has 0 spiro atoms. The highest BCUT2D eigenvalue weighted by atomic mass is 32.2. The van der Waals surface area contributed by atoms with Gasteiger partial charge in [0.1, 0.15) is 11.5 Å². The van der Waals surface area contributed by atoms with Gasteiger partial charge in [0.25, 0.3) is 10.0 Å². The van der Waals surface area contributed by atoms with E-state index in [0.29, 0.717) is 0 Å². The Balaban J connectivity index is 1.95. The van der Waals surface area contributed by atoms with Crippen molar-refractivity contribution in [2.45, 2.75) is 4.90 Å². The summed E-state index contributed by atoms with van der Waals surface area (Å²) < 4.78 is 46.6. The highest BCUT2D eigenvalue weighted by molar-refractivity contribution is 7.89. The zero-order chi connectivity index (χ0) is 23.6. The normalized spacial score (nSPS) is 14.4. The number of esters is 1. The number of sulfonamides is 1. The maximum absolute atomic E-state index is 13.5. The maximum Gasteiger partial charge on any atom is 0.343 e. The highest BCUT2D eigenvalue weighted by Gasteiger charge is 2.41. The van der Waals surface area contributed by atoms with E-state index in [1.54, 1.807) is 24.3 Å². The highest BCUT2D eigenvalue weighted by Crippen LogP contribution is 2.39. The van der Waals surface area contributed by atoms with Crippen molar-refractivity contribution in [2.24, 2.45) is 0 Å². The summed E-state index contributed by atoms with van der Waals surface area (Å²) >= 11 is 0. The molecule has 166 valence electrons. The van der Waals surface area contributed by atoms with Gasteiger partial charge >= 0.3 is 5.97 Å². The van der Waals surface area contributed by atoms with Gasteiger partial charge in [0.15, 0.2) is 5.76 Å². The molecule has 0 saturated carbocycles. The van der Waals surface area contributed by atoms with Crippen LogP contribution < -0.4 is 0 Å². The van der Waals surface area contributed by atoms with Crippen molar-refractivity contribution in [1.82, 2.24) is 4.31 Å². The molecule has 0 radical (unpaired) electrons. The summed E-state index contributed by atoms with van der Waals surface area (Å²) in [5, 5.41) is 0. The number of ketones is 1. The summed E-state index contributed by atoms with van der Waals surface area (Å²) in [6.07, 6.45) is 1.34. The minimum Gasteiger partial charge on any atom is -0.420 e. The SMILES string of the molecule is C=CCN1C(C(=O)c2ccccc2)=C(OC(=O)c2ccc(F)cc2)c2ccccc2S1(=O)=O. The van der Waals surface area contributed by atoms with Crippen molar-refractivity contribution in [3.05, 3.63) is 120 Å². The fourth-order valence-corrected chi connectivity index (χ4v) is 5.08. The lowest BCUT2D eigenvalue weighted by atomic mass is 10.0. The quantitative estimate of drug-likeness (QED) is 0.307. The van der Waals surface area contributed by atoms with Gasteiger partial charge in [-0.3, -0.25) is 9.10 Å². The Hall–Kier alpha value is -4.04. The van der Waals surface area contributed by atoms with Gasteiger partial charge in [-0.05, 0) is 36.4 Å². The summed E-state index contributed by atoms with van der Waals surface area (Å²) in [6.45, 7) is 3.38. The van der Waals surface area contributed by atoms with E-state index in [9.17, 15) is 22.4 Å². The first kappa shape index (κ1) is 22.2. The second-order valence-corrected chi connectivity index (χ2v) is 8.92. The first-order chi connectivity index (χ1) is 15.8. The fraction of sp³-hybridized carbons (Fsp3) is 0.0400. The molecule has 1 aliphatic heterocycles. The average molecular weight is 463 g/mol. The topological polar surface area (TPSA) is 80.8 Å². The minimum atomic E-state index is -4.14. The number of carbonyl (C=O) groups excluding carboxylic acids is 2. The van der Waals surface area contributed by atoms with Crippen LogP contribution in [-0.4, -0.2) is 31.0 Å². The van der Waals surface area contributed by atoms with Gasteiger partial charge < -0.3 is 4.74 Å². The molecule has 4 rings (SSSR count). The standard InChI is InChI=1S/C25H18FNO5S/c1-2-16-27-22(23(28)17-8-4-3-5-9-17)24(20-10-6-7-11-21(20)33(27,30)31)32-25(29)18-12-14-19(26)15-13-18/h2-15H,1,16H2. The van der Waals surface area contributed by atoms with Gasteiger partial charge in [0.2, 0.25) is 5.78 Å². The second kappa shape index (κ2) is 8.84. The molecule has 1 aliphatic rings. The molecule has 0 unspecified atom stereocenters. The number of hydrogen-bond acceptors (Lipinski definition) is 5. The van der Waals surface area contributed by atoms with Crippen LogP contribution in [0.1, 0.15) is 26.3 Å².